The monoisotopic (exact) mass is 284 g/mol. The Morgan fingerprint density at radius 3 is 2.43 bits per heavy atom. The predicted molar refractivity (Wildman–Crippen MR) is 82.1 cm³/mol. The van der Waals surface area contributed by atoms with Crippen LogP contribution in [0.25, 0.3) is 5.76 Å². The lowest BCUT2D eigenvalue weighted by Crippen LogP contribution is -2.07. The van der Waals surface area contributed by atoms with Crippen molar-refractivity contribution in [1.82, 2.24) is 5.32 Å². The molecule has 2 aromatic rings. The molecule has 0 saturated heterocycles. The molecule has 0 heterocycles. The van der Waals surface area contributed by atoms with Crippen molar-refractivity contribution in [3.05, 3.63) is 76.4 Å². The van der Waals surface area contributed by atoms with Crippen molar-refractivity contribution in [2.45, 2.75) is 0 Å². The van der Waals surface area contributed by atoms with E-state index in [2.05, 4.69) is 5.32 Å². The third-order valence-electron chi connectivity index (χ3n) is 2.83. The summed E-state index contributed by atoms with van der Waals surface area (Å²) in [7, 11) is 1.85. The third-order valence-corrected chi connectivity index (χ3v) is 2.83. The summed E-state index contributed by atoms with van der Waals surface area (Å²) in [6.07, 6.45) is 1.93. The lowest BCUT2D eigenvalue weighted by Gasteiger charge is -2.10. The van der Waals surface area contributed by atoms with Gasteiger partial charge in [0, 0.05) is 24.2 Å². The minimum Gasteiger partial charge on any atom is -0.457 e. The molecule has 108 valence electrons. The normalized spacial score (nSPS) is 11.2. The summed E-state index contributed by atoms with van der Waals surface area (Å²) in [6, 6.07) is 15.7. The van der Waals surface area contributed by atoms with Gasteiger partial charge in [-0.3, -0.25) is 10.1 Å². The molecule has 0 amide bonds. The average Bonchev–Trinajstić information content (AvgIpc) is 2.52. The van der Waals surface area contributed by atoms with Crippen LogP contribution in [0, 0.1) is 10.1 Å². The van der Waals surface area contributed by atoms with Gasteiger partial charge in [-0.2, -0.15) is 0 Å². The summed E-state index contributed by atoms with van der Waals surface area (Å²) >= 11 is 0. The molecule has 0 fully saturated rings. The fourth-order valence-corrected chi connectivity index (χ4v) is 1.78. The van der Waals surface area contributed by atoms with Crippen molar-refractivity contribution < 1.29 is 9.66 Å². The quantitative estimate of drug-likeness (QED) is 0.502. The van der Waals surface area contributed by atoms with Crippen LogP contribution < -0.4 is 10.1 Å². The van der Waals surface area contributed by atoms with Gasteiger partial charge in [0.25, 0.3) is 5.69 Å². The summed E-state index contributed by atoms with van der Waals surface area (Å²) < 4.78 is 5.84. The minimum absolute atomic E-state index is 0.0443. The highest BCUT2D eigenvalue weighted by Crippen LogP contribution is 2.23. The van der Waals surface area contributed by atoms with Crippen molar-refractivity contribution in [1.29, 1.82) is 0 Å². The Hall–Kier alpha value is -2.66. The maximum absolute atomic E-state index is 10.6. The summed E-state index contributed by atoms with van der Waals surface area (Å²) in [5, 5.41) is 13.7. The van der Waals surface area contributed by atoms with Gasteiger partial charge < -0.3 is 10.1 Å². The maximum atomic E-state index is 10.6. The predicted octanol–water partition coefficient (Wildman–Crippen LogP) is 3.23. The molecule has 0 saturated carbocycles. The molecule has 0 aliphatic carbocycles. The molecule has 0 aliphatic heterocycles. The molecule has 0 spiro atoms. The highest BCUT2D eigenvalue weighted by atomic mass is 16.6. The number of rotatable bonds is 6. The van der Waals surface area contributed by atoms with Gasteiger partial charge in [-0.25, -0.2) is 0 Å². The van der Waals surface area contributed by atoms with E-state index in [0.717, 1.165) is 5.56 Å². The van der Waals surface area contributed by atoms with Crippen molar-refractivity contribution in [3.8, 4) is 5.75 Å². The van der Waals surface area contributed by atoms with Crippen LogP contribution in [0.1, 0.15) is 5.56 Å². The second-order valence-corrected chi connectivity index (χ2v) is 4.35. The molecular formula is C16H16N2O3. The number of benzene rings is 2. The van der Waals surface area contributed by atoms with Gasteiger partial charge in [-0.15, -0.1) is 0 Å². The van der Waals surface area contributed by atoms with Crippen LogP contribution in [0.4, 0.5) is 5.69 Å². The van der Waals surface area contributed by atoms with Gasteiger partial charge in [-0.1, -0.05) is 30.3 Å². The zero-order chi connectivity index (χ0) is 15.1. The van der Waals surface area contributed by atoms with E-state index in [4.69, 9.17) is 4.74 Å². The van der Waals surface area contributed by atoms with E-state index >= 15 is 0 Å². The molecule has 0 aliphatic rings. The number of nitro benzene ring substituents is 1. The molecule has 1 N–H and O–H groups in total. The summed E-state index contributed by atoms with van der Waals surface area (Å²) in [5.41, 5.74) is 0.994. The Morgan fingerprint density at radius 1 is 1.19 bits per heavy atom. The van der Waals surface area contributed by atoms with Crippen LogP contribution in [-0.2, 0) is 0 Å². The Labute approximate surface area is 123 Å². The fourth-order valence-electron chi connectivity index (χ4n) is 1.78. The van der Waals surface area contributed by atoms with Crippen LogP contribution >= 0.6 is 0 Å². The molecule has 2 aromatic carbocycles. The summed E-state index contributed by atoms with van der Waals surface area (Å²) in [6.45, 7) is 0.664. The lowest BCUT2D eigenvalue weighted by molar-refractivity contribution is -0.384. The second kappa shape index (κ2) is 7.21. The van der Waals surface area contributed by atoms with Crippen LogP contribution in [-0.4, -0.2) is 18.5 Å². The Balaban J connectivity index is 2.21. The van der Waals surface area contributed by atoms with E-state index in [-0.39, 0.29) is 5.69 Å². The number of ether oxygens (including phenoxy) is 1. The number of nitrogens with zero attached hydrogens (tertiary/aromatic N) is 1. The van der Waals surface area contributed by atoms with E-state index < -0.39 is 4.92 Å². The molecule has 5 nitrogen and oxygen atoms in total. The summed E-state index contributed by atoms with van der Waals surface area (Å²) in [4.78, 5) is 10.2. The Kier molecular flexibility index (Phi) is 5.06. The van der Waals surface area contributed by atoms with E-state index in [1.54, 1.807) is 12.1 Å². The average molecular weight is 284 g/mol. The van der Waals surface area contributed by atoms with Gasteiger partial charge in [-0.05, 0) is 25.3 Å². The van der Waals surface area contributed by atoms with E-state index in [9.17, 15) is 10.1 Å². The third kappa shape index (κ3) is 4.15. The molecule has 0 radical (unpaired) electrons. The topological polar surface area (TPSA) is 64.4 Å². The molecule has 2 rings (SSSR count). The van der Waals surface area contributed by atoms with Crippen molar-refractivity contribution in [2.75, 3.05) is 13.6 Å². The first-order valence-electron chi connectivity index (χ1n) is 6.53. The molecule has 21 heavy (non-hydrogen) atoms. The van der Waals surface area contributed by atoms with Gasteiger partial charge in [0.2, 0.25) is 0 Å². The largest absolute Gasteiger partial charge is 0.457 e. The van der Waals surface area contributed by atoms with Crippen molar-refractivity contribution >= 4 is 11.4 Å². The first kappa shape index (κ1) is 14.7. The number of hydrogen-bond acceptors (Lipinski definition) is 4. The Morgan fingerprint density at radius 2 is 1.86 bits per heavy atom. The molecule has 0 atom stereocenters. The van der Waals surface area contributed by atoms with Crippen LogP contribution in [0.3, 0.4) is 0 Å². The fraction of sp³-hybridized carbons (Fsp3) is 0.125. The van der Waals surface area contributed by atoms with Crippen LogP contribution in [0.15, 0.2) is 60.7 Å². The first-order chi connectivity index (χ1) is 10.2. The molecule has 0 unspecified atom stereocenters. The SMILES string of the molecule is CNCC=C(Oc1ccc([N+](=O)[O-])cc1)c1ccccc1. The zero-order valence-corrected chi connectivity index (χ0v) is 11.7. The molecule has 0 bridgehead atoms. The van der Waals surface area contributed by atoms with Gasteiger partial charge in [0.15, 0.2) is 0 Å². The number of nitro groups is 1. The van der Waals surface area contributed by atoms with Gasteiger partial charge in [0.1, 0.15) is 11.5 Å². The smallest absolute Gasteiger partial charge is 0.269 e. The summed E-state index contributed by atoms with van der Waals surface area (Å²) in [5.74, 6) is 1.27. The van der Waals surface area contributed by atoms with Crippen LogP contribution in [0.5, 0.6) is 5.75 Å². The number of nitrogens with one attached hydrogen (secondary N) is 1. The van der Waals surface area contributed by atoms with Crippen molar-refractivity contribution in [2.24, 2.45) is 0 Å². The molecule has 5 heteroatoms. The zero-order valence-electron chi connectivity index (χ0n) is 11.7. The van der Waals surface area contributed by atoms with Gasteiger partial charge >= 0.3 is 0 Å². The highest BCUT2D eigenvalue weighted by Gasteiger charge is 2.07. The Bertz CT molecular complexity index is 622. The number of hydrogen-bond donors (Lipinski definition) is 1. The van der Waals surface area contributed by atoms with Crippen molar-refractivity contribution in [3.63, 3.8) is 0 Å². The highest BCUT2D eigenvalue weighted by molar-refractivity contribution is 5.62. The number of non-ortho nitro benzene ring substituents is 1. The van der Waals surface area contributed by atoms with E-state index in [1.165, 1.54) is 12.1 Å². The minimum atomic E-state index is -0.432. The first-order valence-corrected chi connectivity index (χ1v) is 6.53. The molecular weight excluding hydrogens is 268 g/mol. The van der Waals surface area contributed by atoms with Crippen LogP contribution in [0.2, 0.25) is 0 Å². The van der Waals surface area contributed by atoms with Gasteiger partial charge in [0.05, 0.1) is 4.92 Å². The second-order valence-electron chi connectivity index (χ2n) is 4.35. The standard InChI is InChI=1S/C16H16N2O3/c1-17-12-11-16(13-5-3-2-4-6-13)21-15-9-7-14(8-10-15)18(19)20/h2-11,17H,12H2,1H3. The van der Waals surface area contributed by atoms with E-state index in [0.29, 0.717) is 18.1 Å². The maximum Gasteiger partial charge on any atom is 0.269 e. The lowest BCUT2D eigenvalue weighted by atomic mass is 10.2. The molecule has 0 aromatic heterocycles. The number of likely N-dealkylation sites (N-methyl/N-ethyl adjacent to an activating group) is 1. The van der Waals surface area contributed by atoms with E-state index in [1.807, 2.05) is 43.5 Å².